The van der Waals surface area contributed by atoms with Gasteiger partial charge in [0.15, 0.2) is 12.2 Å². The van der Waals surface area contributed by atoms with Crippen molar-refractivity contribution in [2.24, 2.45) is 0 Å². The first-order valence-corrected chi connectivity index (χ1v) is 14.2. The van der Waals surface area contributed by atoms with Crippen molar-refractivity contribution in [2.45, 2.75) is 58.0 Å². The summed E-state index contributed by atoms with van der Waals surface area (Å²) in [5.41, 5.74) is -1.18. The van der Waals surface area contributed by atoms with E-state index in [1.165, 1.54) is 13.8 Å². The van der Waals surface area contributed by atoms with E-state index in [4.69, 9.17) is 18.9 Å². The van der Waals surface area contributed by atoms with Gasteiger partial charge >= 0.3 is 24.3 Å². The number of H-pyrrole nitrogens is 2. The summed E-state index contributed by atoms with van der Waals surface area (Å²) in [6, 6.07) is 17.0. The molecule has 4 rings (SSSR count). The number of halogens is 6. The second-order valence-electron chi connectivity index (χ2n) is 10.6. The summed E-state index contributed by atoms with van der Waals surface area (Å²) in [4.78, 5) is 31.6. The van der Waals surface area contributed by atoms with Gasteiger partial charge in [-0.05, 0) is 36.1 Å². The molecule has 0 fully saturated rings. The average molecular weight is 667 g/mol. The molecular weight excluding hydrogens is 634 g/mol. The molecule has 47 heavy (non-hydrogen) atoms. The number of esters is 2. The van der Waals surface area contributed by atoms with Crippen LogP contribution in [-0.2, 0) is 38.6 Å². The highest BCUT2D eigenvalue weighted by Gasteiger charge is 2.47. The fourth-order valence-corrected chi connectivity index (χ4v) is 5.30. The minimum absolute atomic E-state index is 0.0540. The van der Waals surface area contributed by atoms with Crippen molar-refractivity contribution in [3.8, 4) is 0 Å². The Balaban J connectivity index is 1.78. The minimum atomic E-state index is -4.96. The van der Waals surface area contributed by atoms with Crippen LogP contribution in [0.3, 0.4) is 0 Å². The summed E-state index contributed by atoms with van der Waals surface area (Å²) >= 11 is 0. The number of aromatic amines is 2. The van der Waals surface area contributed by atoms with Gasteiger partial charge in [0.2, 0.25) is 0 Å². The van der Waals surface area contributed by atoms with Crippen LogP contribution < -0.4 is 0 Å². The molecule has 0 aliphatic carbocycles. The normalized spacial score (nSPS) is 13.3. The molecule has 0 aliphatic rings. The quantitative estimate of drug-likeness (QED) is 0.118. The van der Waals surface area contributed by atoms with E-state index in [1.807, 2.05) is 0 Å². The molecule has 252 valence electrons. The van der Waals surface area contributed by atoms with Crippen LogP contribution in [0.15, 0.2) is 60.7 Å². The van der Waals surface area contributed by atoms with Gasteiger partial charge < -0.3 is 28.9 Å². The van der Waals surface area contributed by atoms with Crippen LogP contribution >= 0.6 is 0 Å². The lowest BCUT2D eigenvalue weighted by atomic mass is 9.98. The Kier molecular flexibility index (Phi) is 10.9. The summed E-state index contributed by atoms with van der Waals surface area (Å²) < 4.78 is 105. The Bertz CT molecular complexity index is 1680. The number of alkyl halides is 6. The molecule has 2 aromatic heterocycles. The van der Waals surface area contributed by atoms with Gasteiger partial charge in [0.1, 0.15) is 24.6 Å². The zero-order chi connectivity index (χ0) is 34.5. The molecule has 8 nitrogen and oxygen atoms in total. The van der Waals surface area contributed by atoms with Gasteiger partial charge in [-0.15, -0.1) is 0 Å². The molecule has 2 unspecified atom stereocenters. The summed E-state index contributed by atoms with van der Waals surface area (Å²) in [5, 5.41) is 0. The first-order valence-electron chi connectivity index (χ1n) is 14.2. The number of hydrogen-bond acceptors (Lipinski definition) is 6. The fraction of sp³-hybridized carbons (Fsp3) is 0.333. The number of rotatable bonds is 12. The van der Waals surface area contributed by atoms with Crippen LogP contribution in [0, 0.1) is 13.8 Å². The van der Waals surface area contributed by atoms with Crippen LogP contribution in [0.2, 0.25) is 0 Å². The SMILES string of the molecule is COC(c1c(Cc2[nH]c(C(=O)OCc3ccccc3)c(C(OC)C(F)(F)F)c2C)[nH]c(C(=O)OCc2ccccc2)c1C)C(F)(F)F. The molecule has 0 amide bonds. The molecular formula is C33H32F6N2O6. The van der Waals surface area contributed by atoms with Crippen molar-refractivity contribution in [3.63, 3.8) is 0 Å². The van der Waals surface area contributed by atoms with Crippen molar-refractivity contribution < 1.29 is 54.9 Å². The Morgan fingerprint density at radius 3 is 1.51 bits per heavy atom. The van der Waals surface area contributed by atoms with Gasteiger partial charge in [0.25, 0.3) is 0 Å². The second kappa shape index (κ2) is 14.5. The number of nitrogens with one attached hydrogen (secondary N) is 2. The predicted octanol–water partition coefficient (Wildman–Crippen LogP) is 7.76. The van der Waals surface area contributed by atoms with E-state index in [-0.39, 0.29) is 41.4 Å². The summed E-state index contributed by atoms with van der Waals surface area (Å²) in [7, 11) is 1.66. The molecule has 2 atom stereocenters. The van der Waals surface area contributed by atoms with Crippen molar-refractivity contribution >= 4 is 11.9 Å². The highest BCUT2D eigenvalue weighted by Crippen LogP contribution is 2.43. The third-order valence-corrected chi connectivity index (χ3v) is 7.56. The maximum absolute atomic E-state index is 14.2. The van der Waals surface area contributed by atoms with Crippen molar-refractivity contribution in [1.29, 1.82) is 0 Å². The van der Waals surface area contributed by atoms with Crippen molar-refractivity contribution in [2.75, 3.05) is 14.2 Å². The number of aromatic nitrogens is 2. The molecule has 0 radical (unpaired) electrons. The lowest BCUT2D eigenvalue weighted by molar-refractivity contribution is -0.216. The molecule has 4 aromatic rings. The van der Waals surface area contributed by atoms with E-state index in [0.29, 0.717) is 11.1 Å². The number of carbonyl (C=O) groups is 2. The lowest BCUT2D eigenvalue weighted by Crippen LogP contribution is -2.25. The van der Waals surface area contributed by atoms with Gasteiger partial charge in [-0.3, -0.25) is 0 Å². The smallest absolute Gasteiger partial charge is 0.418 e. The van der Waals surface area contributed by atoms with E-state index in [9.17, 15) is 35.9 Å². The summed E-state index contributed by atoms with van der Waals surface area (Å²) in [6.07, 6.45) is -15.5. The molecule has 2 N–H and O–H groups in total. The Morgan fingerprint density at radius 2 is 1.06 bits per heavy atom. The second-order valence-corrected chi connectivity index (χ2v) is 10.6. The van der Waals surface area contributed by atoms with E-state index >= 15 is 0 Å². The topological polar surface area (TPSA) is 103 Å². The largest absolute Gasteiger partial charge is 0.456 e. The maximum Gasteiger partial charge on any atom is 0.418 e. The number of carbonyl (C=O) groups excluding carboxylic acids is 2. The van der Waals surface area contributed by atoms with Crippen molar-refractivity contribution in [1.82, 2.24) is 9.97 Å². The number of methoxy groups -OCH3 is 2. The van der Waals surface area contributed by atoms with Gasteiger partial charge in [0.05, 0.1) is 0 Å². The van der Waals surface area contributed by atoms with Gasteiger partial charge in [-0.1, -0.05) is 60.7 Å². The van der Waals surface area contributed by atoms with Crippen LogP contribution in [0.5, 0.6) is 0 Å². The highest BCUT2D eigenvalue weighted by atomic mass is 19.4. The molecule has 2 aromatic carbocycles. The predicted molar refractivity (Wildman–Crippen MR) is 157 cm³/mol. The van der Waals surface area contributed by atoms with E-state index in [2.05, 4.69) is 9.97 Å². The van der Waals surface area contributed by atoms with Crippen LogP contribution in [0.25, 0.3) is 0 Å². The van der Waals surface area contributed by atoms with E-state index < -0.39 is 59.7 Å². The Labute approximate surface area is 266 Å². The first-order chi connectivity index (χ1) is 22.2. The zero-order valence-corrected chi connectivity index (χ0v) is 25.8. The van der Waals surface area contributed by atoms with E-state index in [0.717, 1.165) is 14.2 Å². The van der Waals surface area contributed by atoms with Gasteiger partial charge in [-0.2, -0.15) is 26.3 Å². The summed E-state index contributed by atoms with van der Waals surface area (Å²) in [6.45, 7) is 2.12. The average Bonchev–Trinajstić information content (AvgIpc) is 3.51. The van der Waals surface area contributed by atoms with Gasteiger partial charge in [0, 0.05) is 43.2 Å². The molecule has 2 heterocycles. The monoisotopic (exact) mass is 666 g/mol. The molecule has 0 spiro atoms. The first kappa shape index (κ1) is 35.3. The third-order valence-electron chi connectivity index (χ3n) is 7.56. The zero-order valence-electron chi connectivity index (χ0n) is 25.8. The third kappa shape index (κ3) is 8.06. The minimum Gasteiger partial charge on any atom is -0.456 e. The van der Waals surface area contributed by atoms with Crippen molar-refractivity contribution in [3.05, 3.63) is 117 Å². The summed E-state index contributed by atoms with van der Waals surface area (Å²) in [5.74, 6) is -2.09. The Hall–Kier alpha value is -4.56. The van der Waals surface area contributed by atoms with E-state index in [1.54, 1.807) is 60.7 Å². The number of ether oxygens (including phenoxy) is 4. The molecule has 14 heteroatoms. The maximum atomic E-state index is 14.2. The van der Waals surface area contributed by atoms with Crippen LogP contribution in [-0.4, -0.2) is 48.5 Å². The number of benzene rings is 2. The molecule has 0 saturated heterocycles. The van der Waals surface area contributed by atoms with Crippen LogP contribution in [0.1, 0.15) is 78.0 Å². The van der Waals surface area contributed by atoms with Gasteiger partial charge in [-0.25, -0.2) is 9.59 Å². The fourth-order valence-electron chi connectivity index (χ4n) is 5.30. The lowest BCUT2D eigenvalue weighted by Gasteiger charge is -2.21. The molecule has 0 saturated carbocycles. The number of hydrogen-bond donors (Lipinski definition) is 2. The Morgan fingerprint density at radius 1 is 0.638 bits per heavy atom. The van der Waals surface area contributed by atoms with Crippen LogP contribution in [0.4, 0.5) is 26.3 Å². The molecule has 0 bridgehead atoms. The molecule has 0 aliphatic heterocycles. The standard InChI is InChI=1S/C33H32F6N2O6/c1-18-22(40-27(25(18)29(45-4)33(37,38)39)31(43)47-17-21-13-9-6-10-14-21)15-23-24(28(44-3)32(34,35)36)19(2)26(41-23)30(42)46-16-20-11-7-5-8-12-20/h5-14,28-29,40-41H,15-17H2,1-4H3. The highest BCUT2D eigenvalue weighted by molar-refractivity contribution is 5.91.